The van der Waals surface area contributed by atoms with Gasteiger partial charge in [0, 0.05) is 19.2 Å². The van der Waals surface area contributed by atoms with Gasteiger partial charge in [-0.2, -0.15) is 0 Å². The number of fused-ring (bicyclic) bond motifs is 1. The summed E-state index contributed by atoms with van der Waals surface area (Å²) in [5.74, 6) is -0.0135. The smallest absolute Gasteiger partial charge is 0.237 e. The van der Waals surface area contributed by atoms with Gasteiger partial charge in [-0.15, -0.1) is 0 Å². The summed E-state index contributed by atoms with van der Waals surface area (Å²) in [5, 5.41) is 0. The molecule has 17 heavy (non-hydrogen) atoms. The first-order valence-corrected chi connectivity index (χ1v) is 8.58. The van der Waals surface area contributed by atoms with Crippen molar-refractivity contribution in [3.05, 3.63) is 23.8 Å². The first-order valence-electron chi connectivity index (χ1n) is 5.25. The number of carbonyl (C=O) groups excluding carboxylic acids is 1. The molecule has 1 amide bonds. The fraction of sp³-hybridized carbons (Fsp3) is 0.364. The molecule has 4 nitrogen and oxygen atoms in total. The van der Waals surface area contributed by atoms with Gasteiger partial charge in [0.05, 0.1) is 19.7 Å². The first kappa shape index (κ1) is 12.6. The number of carbonyl (C=O) groups is 1. The van der Waals surface area contributed by atoms with Gasteiger partial charge in [-0.1, -0.05) is 0 Å². The minimum Gasteiger partial charge on any atom is -0.312 e. The van der Waals surface area contributed by atoms with Crippen molar-refractivity contribution < 1.29 is 13.2 Å². The van der Waals surface area contributed by atoms with E-state index < -0.39 is 8.27 Å². The van der Waals surface area contributed by atoms with Crippen LogP contribution in [-0.2, 0) is 19.5 Å². The van der Waals surface area contributed by atoms with Crippen LogP contribution in [0.5, 0.6) is 0 Å². The third-order valence-corrected chi connectivity index (χ3v) is 4.77. The van der Waals surface area contributed by atoms with Gasteiger partial charge in [0.15, 0.2) is 0 Å². The summed E-state index contributed by atoms with van der Waals surface area (Å²) in [5.41, 5.74) is 1.73. The Kier molecular flexibility index (Phi) is 3.27. The molecule has 1 aromatic carbocycles. The van der Waals surface area contributed by atoms with Gasteiger partial charge in [0.1, 0.15) is 0 Å². The van der Waals surface area contributed by atoms with Gasteiger partial charge >= 0.3 is 0 Å². The van der Waals surface area contributed by atoms with E-state index in [0.717, 1.165) is 24.1 Å². The third-order valence-electron chi connectivity index (χ3n) is 2.83. The molecule has 0 spiro atoms. The molecular formula is C11H12BrNO3S. The summed E-state index contributed by atoms with van der Waals surface area (Å²) < 4.78 is 22.7. The summed E-state index contributed by atoms with van der Waals surface area (Å²) in [6.45, 7) is 2.22. The fourth-order valence-corrected chi connectivity index (χ4v) is 3.17. The van der Waals surface area contributed by atoms with Crippen LogP contribution in [-0.4, -0.2) is 20.9 Å². The number of halogens is 1. The molecule has 0 fully saturated rings. The Bertz CT molecular complexity index is 568. The molecule has 0 aromatic heterocycles. The van der Waals surface area contributed by atoms with Crippen LogP contribution in [0.25, 0.3) is 0 Å². The second kappa shape index (κ2) is 4.42. The van der Waals surface area contributed by atoms with E-state index in [9.17, 15) is 13.2 Å². The Labute approximate surface area is 108 Å². The molecule has 1 aliphatic rings. The number of amides is 1. The number of aryl methyl sites for hydroxylation is 1. The molecule has 0 radical (unpaired) electrons. The zero-order valence-corrected chi connectivity index (χ0v) is 11.7. The SMILES string of the molecule is CC(=O)N1CCCc2cc(S(=O)(=O)Br)ccc21. The molecule has 0 atom stereocenters. The summed E-state index contributed by atoms with van der Waals surface area (Å²) in [6, 6.07) is 4.85. The van der Waals surface area contributed by atoms with E-state index >= 15 is 0 Å². The van der Waals surface area contributed by atoms with Crippen LogP contribution in [0.1, 0.15) is 18.9 Å². The number of benzene rings is 1. The lowest BCUT2D eigenvalue weighted by atomic mass is 10.0. The highest BCUT2D eigenvalue weighted by Crippen LogP contribution is 2.30. The van der Waals surface area contributed by atoms with E-state index in [-0.39, 0.29) is 10.8 Å². The molecule has 0 aliphatic carbocycles. The average molecular weight is 318 g/mol. The van der Waals surface area contributed by atoms with Crippen molar-refractivity contribution in [3.63, 3.8) is 0 Å². The lowest BCUT2D eigenvalue weighted by Gasteiger charge is -2.28. The van der Waals surface area contributed by atoms with Crippen LogP contribution in [0.15, 0.2) is 23.1 Å². The lowest BCUT2D eigenvalue weighted by Crippen LogP contribution is -2.33. The average Bonchev–Trinajstić information content (AvgIpc) is 2.26. The molecule has 0 unspecified atom stereocenters. The molecule has 0 saturated heterocycles. The standard InChI is InChI=1S/C11H12BrNO3S/c1-8(14)13-6-2-3-9-7-10(17(12,15)16)4-5-11(9)13/h4-5,7H,2-3,6H2,1H3. The van der Waals surface area contributed by atoms with Crippen LogP contribution >= 0.6 is 14.8 Å². The predicted molar refractivity (Wildman–Crippen MR) is 68.9 cm³/mol. The Balaban J connectivity index is 2.51. The van der Waals surface area contributed by atoms with Gasteiger partial charge in [0.2, 0.25) is 14.2 Å². The summed E-state index contributed by atoms with van der Waals surface area (Å²) >= 11 is 2.65. The van der Waals surface area contributed by atoms with Crippen LogP contribution in [0.2, 0.25) is 0 Å². The maximum Gasteiger partial charge on any atom is 0.237 e. The third kappa shape index (κ3) is 2.52. The van der Waals surface area contributed by atoms with Crippen molar-refractivity contribution in [2.24, 2.45) is 0 Å². The molecular weight excluding hydrogens is 306 g/mol. The minimum atomic E-state index is -3.36. The predicted octanol–water partition coefficient (Wildman–Crippen LogP) is 2.07. The Hall–Kier alpha value is -0.880. The molecule has 1 heterocycles. The monoisotopic (exact) mass is 317 g/mol. The van der Waals surface area contributed by atoms with Crippen molar-refractivity contribution in [2.75, 3.05) is 11.4 Å². The van der Waals surface area contributed by atoms with Gasteiger partial charge in [-0.3, -0.25) is 4.79 Å². The summed E-state index contributed by atoms with van der Waals surface area (Å²) in [4.78, 5) is 13.4. The molecule has 6 heteroatoms. The van der Waals surface area contributed by atoms with E-state index in [1.54, 1.807) is 17.0 Å². The number of rotatable bonds is 1. The molecule has 0 saturated carbocycles. The van der Waals surface area contributed by atoms with E-state index in [0.29, 0.717) is 6.54 Å². The van der Waals surface area contributed by atoms with Crippen LogP contribution < -0.4 is 4.90 Å². The maximum atomic E-state index is 11.4. The molecule has 92 valence electrons. The Morgan fingerprint density at radius 3 is 2.71 bits per heavy atom. The van der Waals surface area contributed by atoms with E-state index in [4.69, 9.17) is 0 Å². The molecule has 0 N–H and O–H groups in total. The number of nitrogens with zero attached hydrogens (tertiary/aromatic N) is 1. The Morgan fingerprint density at radius 2 is 2.12 bits per heavy atom. The molecule has 1 aromatic rings. The topological polar surface area (TPSA) is 54.5 Å². The highest BCUT2D eigenvalue weighted by atomic mass is 79.9. The first-order chi connectivity index (χ1) is 7.89. The number of hydrogen-bond acceptors (Lipinski definition) is 3. The van der Waals surface area contributed by atoms with Crippen molar-refractivity contribution in [1.29, 1.82) is 0 Å². The van der Waals surface area contributed by atoms with Gasteiger partial charge in [0.25, 0.3) is 0 Å². The zero-order valence-electron chi connectivity index (χ0n) is 9.31. The van der Waals surface area contributed by atoms with Crippen molar-refractivity contribution in [1.82, 2.24) is 0 Å². The number of hydrogen-bond donors (Lipinski definition) is 0. The van der Waals surface area contributed by atoms with Crippen molar-refractivity contribution in [3.8, 4) is 0 Å². The largest absolute Gasteiger partial charge is 0.312 e. The quantitative estimate of drug-likeness (QED) is 0.745. The van der Waals surface area contributed by atoms with E-state index in [1.165, 1.54) is 13.0 Å². The highest BCUT2D eigenvalue weighted by Gasteiger charge is 2.21. The molecule has 0 bridgehead atoms. The van der Waals surface area contributed by atoms with Crippen LogP contribution in [0.4, 0.5) is 5.69 Å². The van der Waals surface area contributed by atoms with Crippen LogP contribution in [0.3, 0.4) is 0 Å². The normalized spacial score (nSPS) is 15.5. The van der Waals surface area contributed by atoms with E-state index in [2.05, 4.69) is 14.8 Å². The van der Waals surface area contributed by atoms with E-state index in [1.807, 2.05) is 0 Å². The van der Waals surface area contributed by atoms with Crippen LogP contribution in [0, 0.1) is 0 Å². The number of anilines is 1. The minimum absolute atomic E-state index is 0.0135. The zero-order chi connectivity index (χ0) is 12.6. The van der Waals surface area contributed by atoms with Gasteiger partial charge in [-0.05, 0) is 36.6 Å². The highest BCUT2D eigenvalue weighted by molar-refractivity contribution is 9.47. The second-order valence-corrected chi connectivity index (χ2v) is 7.91. The Morgan fingerprint density at radius 1 is 1.41 bits per heavy atom. The molecule has 2 rings (SSSR count). The fourth-order valence-electron chi connectivity index (χ4n) is 2.05. The second-order valence-electron chi connectivity index (χ2n) is 4.00. The maximum absolute atomic E-state index is 11.4. The summed E-state index contributed by atoms with van der Waals surface area (Å²) in [6.07, 6.45) is 1.66. The van der Waals surface area contributed by atoms with Gasteiger partial charge in [-0.25, -0.2) is 8.42 Å². The summed E-state index contributed by atoms with van der Waals surface area (Å²) in [7, 11) is -3.36. The van der Waals surface area contributed by atoms with Gasteiger partial charge < -0.3 is 4.90 Å². The van der Waals surface area contributed by atoms with Crippen molar-refractivity contribution >= 4 is 34.7 Å². The molecule has 1 aliphatic heterocycles. The van der Waals surface area contributed by atoms with Crippen molar-refractivity contribution in [2.45, 2.75) is 24.7 Å². The lowest BCUT2D eigenvalue weighted by molar-refractivity contribution is -0.116.